The summed E-state index contributed by atoms with van der Waals surface area (Å²) in [5.41, 5.74) is 3.33. The van der Waals surface area contributed by atoms with Crippen LogP contribution in [-0.4, -0.2) is 21.8 Å². The number of aromatic nitrogens is 2. The Hall–Kier alpha value is -1.84. The second-order valence-electron chi connectivity index (χ2n) is 4.24. The maximum Gasteiger partial charge on any atom is 0.270 e. The van der Waals surface area contributed by atoms with E-state index in [1.807, 2.05) is 43.5 Å². The first-order chi connectivity index (χ1) is 8.13. The van der Waals surface area contributed by atoms with Crippen LogP contribution in [0.25, 0.3) is 5.65 Å². The molecule has 2 heterocycles. The zero-order chi connectivity index (χ0) is 12.4. The van der Waals surface area contributed by atoms with E-state index in [0.717, 1.165) is 23.3 Å². The zero-order valence-electron chi connectivity index (χ0n) is 10.4. The summed E-state index contributed by atoms with van der Waals surface area (Å²) in [7, 11) is 0. The summed E-state index contributed by atoms with van der Waals surface area (Å²) in [5.74, 6) is -0.0533. The van der Waals surface area contributed by atoms with Gasteiger partial charge in [-0.1, -0.05) is 13.0 Å². The second kappa shape index (κ2) is 4.57. The van der Waals surface area contributed by atoms with Gasteiger partial charge in [-0.05, 0) is 31.9 Å². The quantitative estimate of drug-likeness (QED) is 0.879. The lowest BCUT2D eigenvalue weighted by molar-refractivity contribution is 0.0947. The SMILES string of the molecule is CCCNC(=O)c1c(C)nc2ccc(C)cn12. The van der Waals surface area contributed by atoms with Crippen molar-refractivity contribution >= 4 is 11.6 Å². The molecule has 0 spiro atoms. The lowest BCUT2D eigenvalue weighted by Gasteiger charge is -2.04. The van der Waals surface area contributed by atoms with Crippen LogP contribution in [0.4, 0.5) is 0 Å². The van der Waals surface area contributed by atoms with Gasteiger partial charge in [-0.15, -0.1) is 0 Å². The molecule has 4 nitrogen and oxygen atoms in total. The van der Waals surface area contributed by atoms with Crippen LogP contribution in [0.15, 0.2) is 18.3 Å². The molecule has 1 amide bonds. The molecule has 0 unspecified atom stereocenters. The van der Waals surface area contributed by atoms with E-state index in [4.69, 9.17) is 0 Å². The van der Waals surface area contributed by atoms with Crippen LogP contribution in [0.2, 0.25) is 0 Å². The van der Waals surface area contributed by atoms with Crippen molar-refractivity contribution in [3.05, 3.63) is 35.3 Å². The van der Waals surface area contributed by atoms with Gasteiger partial charge in [-0.3, -0.25) is 9.20 Å². The molecule has 90 valence electrons. The number of nitrogens with zero attached hydrogens (tertiary/aromatic N) is 2. The van der Waals surface area contributed by atoms with Gasteiger partial charge in [0.05, 0.1) is 5.69 Å². The van der Waals surface area contributed by atoms with Gasteiger partial charge < -0.3 is 5.32 Å². The van der Waals surface area contributed by atoms with E-state index >= 15 is 0 Å². The molecule has 4 heteroatoms. The van der Waals surface area contributed by atoms with E-state index in [0.29, 0.717) is 12.2 Å². The molecule has 0 radical (unpaired) electrons. The Morgan fingerprint density at radius 1 is 1.41 bits per heavy atom. The smallest absolute Gasteiger partial charge is 0.270 e. The monoisotopic (exact) mass is 231 g/mol. The van der Waals surface area contributed by atoms with Crippen LogP contribution in [0.5, 0.6) is 0 Å². The Morgan fingerprint density at radius 2 is 2.18 bits per heavy atom. The number of fused-ring (bicyclic) bond motifs is 1. The van der Waals surface area contributed by atoms with Crippen molar-refractivity contribution in [1.82, 2.24) is 14.7 Å². The molecule has 0 aromatic carbocycles. The molecule has 0 saturated carbocycles. The van der Waals surface area contributed by atoms with Gasteiger partial charge in [0.2, 0.25) is 0 Å². The molecule has 0 aliphatic carbocycles. The fraction of sp³-hybridized carbons (Fsp3) is 0.385. The van der Waals surface area contributed by atoms with Crippen LogP contribution in [0, 0.1) is 13.8 Å². The van der Waals surface area contributed by atoms with Crippen molar-refractivity contribution < 1.29 is 4.79 Å². The molecule has 17 heavy (non-hydrogen) atoms. The molecule has 2 aromatic heterocycles. The fourth-order valence-corrected chi connectivity index (χ4v) is 1.86. The minimum absolute atomic E-state index is 0.0533. The Morgan fingerprint density at radius 3 is 2.88 bits per heavy atom. The average Bonchev–Trinajstić information content (AvgIpc) is 2.61. The first-order valence-electron chi connectivity index (χ1n) is 5.87. The first kappa shape index (κ1) is 11.6. The summed E-state index contributed by atoms with van der Waals surface area (Å²) in [5, 5.41) is 2.89. The molecule has 0 aliphatic rings. The van der Waals surface area contributed by atoms with E-state index in [1.165, 1.54) is 0 Å². The van der Waals surface area contributed by atoms with E-state index in [1.54, 1.807) is 0 Å². The number of hydrogen-bond donors (Lipinski definition) is 1. The molecule has 1 N–H and O–H groups in total. The standard InChI is InChI=1S/C13H17N3O/c1-4-7-14-13(17)12-10(3)15-11-6-5-9(2)8-16(11)12/h5-6,8H,4,7H2,1-3H3,(H,14,17). The second-order valence-corrected chi connectivity index (χ2v) is 4.24. The average molecular weight is 231 g/mol. The van der Waals surface area contributed by atoms with Crippen LogP contribution in [0.3, 0.4) is 0 Å². The molecular formula is C13H17N3O. The molecule has 2 rings (SSSR count). The van der Waals surface area contributed by atoms with Gasteiger partial charge in [0.15, 0.2) is 0 Å². The van der Waals surface area contributed by atoms with Crippen molar-refractivity contribution in [2.24, 2.45) is 0 Å². The van der Waals surface area contributed by atoms with Gasteiger partial charge in [0.1, 0.15) is 11.3 Å². The van der Waals surface area contributed by atoms with Crippen molar-refractivity contribution in [2.45, 2.75) is 27.2 Å². The highest BCUT2D eigenvalue weighted by atomic mass is 16.1. The number of nitrogens with one attached hydrogen (secondary N) is 1. The lowest BCUT2D eigenvalue weighted by Crippen LogP contribution is -2.26. The van der Waals surface area contributed by atoms with Gasteiger partial charge in [-0.25, -0.2) is 4.98 Å². The molecule has 0 fully saturated rings. The molecular weight excluding hydrogens is 214 g/mol. The number of amides is 1. The number of pyridine rings is 1. The van der Waals surface area contributed by atoms with Gasteiger partial charge in [-0.2, -0.15) is 0 Å². The third-order valence-corrected chi connectivity index (χ3v) is 2.69. The summed E-state index contributed by atoms with van der Waals surface area (Å²) < 4.78 is 1.86. The Bertz CT molecular complexity index is 557. The number of carbonyl (C=O) groups is 1. The minimum Gasteiger partial charge on any atom is -0.351 e. The summed E-state index contributed by atoms with van der Waals surface area (Å²) in [6.07, 6.45) is 2.87. The van der Waals surface area contributed by atoms with E-state index in [2.05, 4.69) is 10.3 Å². The summed E-state index contributed by atoms with van der Waals surface area (Å²) in [6.45, 7) is 6.59. The highest BCUT2D eigenvalue weighted by Crippen LogP contribution is 2.13. The van der Waals surface area contributed by atoms with Crippen LogP contribution < -0.4 is 5.32 Å². The van der Waals surface area contributed by atoms with E-state index in [-0.39, 0.29) is 5.91 Å². The minimum atomic E-state index is -0.0533. The Kier molecular flexibility index (Phi) is 3.13. The number of rotatable bonds is 3. The molecule has 0 bridgehead atoms. The molecule has 0 aliphatic heterocycles. The van der Waals surface area contributed by atoms with Crippen LogP contribution >= 0.6 is 0 Å². The number of imidazole rings is 1. The molecule has 2 aromatic rings. The zero-order valence-corrected chi connectivity index (χ0v) is 10.4. The van der Waals surface area contributed by atoms with Crippen molar-refractivity contribution in [2.75, 3.05) is 6.54 Å². The number of hydrogen-bond acceptors (Lipinski definition) is 2. The van der Waals surface area contributed by atoms with Crippen LogP contribution in [-0.2, 0) is 0 Å². The van der Waals surface area contributed by atoms with Gasteiger partial charge in [0, 0.05) is 12.7 Å². The van der Waals surface area contributed by atoms with Gasteiger partial charge >= 0.3 is 0 Å². The maximum atomic E-state index is 12.0. The summed E-state index contributed by atoms with van der Waals surface area (Å²) >= 11 is 0. The maximum absolute atomic E-state index is 12.0. The number of carbonyl (C=O) groups excluding carboxylic acids is 1. The third kappa shape index (κ3) is 2.16. The van der Waals surface area contributed by atoms with Crippen LogP contribution in [0.1, 0.15) is 35.1 Å². The van der Waals surface area contributed by atoms with E-state index < -0.39 is 0 Å². The third-order valence-electron chi connectivity index (χ3n) is 2.69. The normalized spacial score (nSPS) is 10.8. The lowest BCUT2D eigenvalue weighted by atomic mass is 10.3. The Labute approximate surface area is 101 Å². The largest absolute Gasteiger partial charge is 0.351 e. The van der Waals surface area contributed by atoms with Gasteiger partial charge in [0.25, 0.3) is 5.91 Å². The molecule has 0 saturated heterocycles. The van der Waals surface area contributed by atoms with Crippen molar-refractivity contribution in [3.63, 3.8) is 0 Å². The predicted molar refractivity (Wildman–Crippen MR) is 67.3 cm³/mol. The number of aryl methyl sites for hydroxylation is 2. The Balaban J connectivity index is 2.48. The van der Waals surface area contributed by atoms with Crippen molar-refractivity contribution in [3.8, 4) is 0 Å². The summed E-state index contributed by atoms with van der Waals surface area (Å²) in [6, 6.07) is 3.93. The summed E-state index contributed by atoms with van der Waals surface area (Å²) in [4.78, 5) is 16.4. The molecule has 0 atom stereocenters. The topological polar surface area (TPSA) is 46.4 Å². The van der Waals surface area contributed by atoms with Crippen molar-refractivity contribution in [1.29, 1.82) is 0 Å². The highest BCUT2D eigenvalue weighted by molar-refractivity contribution is 5.94. The fourth-order valence-electron chi connectivity index (χ4n) is 1.86. The first-order valence-corrected chi connectivity index (χ1v) is 5.87. The predicted octanol–water partition coefficient (Wildman–Crippen LogP) is 2.09. The van der Waals surface area contributed by atoms with E-state index in [9.17, 15) is 4.79 Å². The highest BCUT2D eigenvalue weighted by Gasteiger charge is 2.15.